The Morgan fingerprint density at radius 2 is 1.73 bits per heavy atom. The number of benzene rings is 2. The summed E-state index contributed by atoms with van der Waals surface area (Å²) in [5.41, 5.74) is 2.43. The van der Waals surface area contributed by atoms with E-state index >= 15 is 0 Å². The molecule has 0 unspecified atom stereocenters. The van der Waals surface area contributed by atoms with Crippen molar-refractivity contribution < 1.29 is 19.0 Å². The number of nitrogens with one attached hydrogen (secondary N) is 2. The number of amides is 2. The number of anilines is 1. The molecular formula is C19H23ClN2O4. The summed E-state index contributed by atoms with van der Waals surface area (Å²) in [6.07, 6.45) is 0. The lowest BCUT2D eigenvalue weighted by molar-refractivity contribution is 0.247. The molecule has 0 saturated carbocycles. The topological polar surface area (TPSA) is 68.8 Å². The van der Waals surface area contributed by atoms with Crippen LogP contribution in [0.25, 0.3) is 0 Å². The van der Waals surface area contributed by atoms with Crippen molar-refractivity contribution >= 4 is 23.3 Å². The van der Waals surface area contributed by atoms with Gasteiger partial charge < -0.3 is 24.8 Å². The van der Waals surface area contributed by atoms with Crippen LogP contribution in [-0.2, 0) is 0 Å². The van der Waals surface area contributed by atoms with Crippen LogP contribution in [0.5, 0.6) is 17.2 Å². The largest absolute Gasteiger partial charge is 0.497 e. The first kappa shape index (κ1) is 19.7. The second-order valence-electron chi connectivity index (χ2n) is 5.67. The van der Waals surface area contributed by atoms with Crippen LogP contribution < -0.4 is 24.8 Å². The highest BCUT2D eigenvalue weighted by molar-refractivity contribution is 6.32. The standard InChI is InChI=1S/C19H23ClN2O4/c1-12-9-15(10-13(2)18(12)20)26-8-7-21-19(23)22-16-11-14(24-3)5-6-17(16)25-4/h5-6,9-11H,7-8H2,1-4H3,(H2,21,22,23). The molecule has 0 bridgehead atoms. The molecule has 0 aliphatic carbocycles. The van der Waals surface area contributed by atoms with E-state index in [0.29, 0.717) is 30.3 Å². The van der Waals surface area contributed by atoms with E-state index in [2.05, 4.69) is 10.6 Å². The number of carbonyl (C=O) groups is 1. The summed E-state index contributed by atoms with van der Waals surface area (Å²) in [6.45, 7) is 4.53. The molecule has 2 amide bonds. The summed E-state index contributed by atoms with van der Waals surface area (Å²) in [7, 11) is 3.10. The Bertz CT molecular complexity index is 757. The Kier molecular flexibility index (Phi) is 6.97. The van der Waals surface area contributed by atoms with Crippen LogP contribution in [0, 0.1) is 13.8 Å². The maximum absolute atomic E-state index is 12.1. The highest BCUT2D eigenvalue weighted by Gasteiger charge is 2.09. The Morgan fingerprint density at radius 3 is 2.35 bits per heavy atom. The highest BCUT2D eigenvalue weighted by atomic mass is 35.5. The van der Waals surface area contributed by atoms with Gasteiger partial charge in [-0.1, -0.05) is 11.6 Å². The fourth-order valence-electron chi connectivity index (χ4n) is 2.40. The number of hydrogen-bond acceptors (Lipinski definition) is 4. The van der Waals surface area contributed by atoms with Gasteiger partial charge in [0.15, 0.2) is 0 Å². The average Bonchev–Trinajstić information content (AvgIpc) is 2.63. The molecule has 2 aromatic carbocycles. The zero-order valence-electron chi connectivity index (χ0n) is 15.3. The van der Waals surface area contributed by atoms with Crippen LogP contribution >= 0.6 is 11.6 Å². The minimum absolute atomic E-state index is 0.336. The van der Waals surface area contributed by atoms with Crippen LogP contribution in [0.1, 0.15) is 11.1 Å². The molecular weight excluding hydrogens is 356 g/mol. The summed E-state index contributed by atoms with van der Waals surface area (Å²) in [5.74, 6) is 1.89. The number of hydrogen-bond donors (Lipinski definition) is 2. The van der Waals surface area contributed by atoms with Crippen molar-refractivity contribution in [3.8, 4) is 17.2 Å². The van der Waals surface area contributed by atoms with Crippen LogP contribution in [0.3, 0.4) is 0 Å². The van der Waals surface area contributed by atoms with E-state index in [-0.39, 0.29) is 6.03 Å². The predicted molar refractivity (Wildman–Crippen MR) is 103 cm³/mol. The van der Waals surface area contributed by atoms with E-state index in [0.717, 1.165) is 21.9 Å². The molecule has 0 saturated heterocycles. The van der Waals surface area contributed by atoms with Gasteiger partial charge in [0.1, 0.15) is 23.9 Å². The molecule has 0 radical (unpaired) electrons. The minimum atomic E-state index is -0.358. The molecule has 6 nitrogen and oxygen atoms in total. The lowest BCUT2D eigenvalue weighted by Gasteiger charge is -2.13. The van der Waals surface area contributed by atoms with E-state index in [1.807, 2.05) is 26.0 Å². The van der Waals surface area contributed by atoms with E-state index in [1.165, 1.54) is 7.11 Å². The van der Waals surface area contributed by atoms with Crippen molar-refractivity contribution in [1.82, 2.24) is 5.32 Å². The summed E-state index contributed by atoms with van der Waals surface area (Å²) < 4.78 is 16.0. The minimum Gasteiger partial charge on any atom is -0.497 e. The number of halogens is 1. The molecule has 2 aromatic rings. The third-order valence-electron chi connectivity index (χ3n) is 3.72. The van der Waals surface area contributed by atoms with Crippen molar-refractivity contribution in [2.24, 2.45) is 0 Å². The Hall–Kier alpha value is -2.60. The van der Waals surface area contributed by atoms with E-state index in [9.17, 15) is 4.79 Å². The Balaban J connectivity index is 1.84. The smallest absolute Gasteiger partial charge is 0.319 e. The molecule has 2 rings (SSSR count). The molecule has 0 heterocycles. The third kappa shape index (κ3) is 5.20. The van der Waals surface area contributed by atoms with Crippen molar-refractivity contribution in [3.05, 3.63) is 46.5 Å². The van der Waals surface area contributed by atoms with Crippen LogP contribution in [0.2, 0.25) is 5.02 Å². The Morgan fingerprint density at radius 1 is 1.04 bits per heavy atom. The van der Waals surface area contributed by atoms with Gasteiger partial charge in [-0.15, -0.1) is 0 Å². The first-order chi connectivity index (χ1) is 12.4. The lowest BCUT2D eigenvalue weighted by atomic mass is 10.1. The van der Waals surface area contributed by atoms with Crippen LogP contribution in [0.15, 0.2) is 30.3 Å². The summed E-state index contributed by atoms with van der Waals surface area (Å²) in [5, 5.41) is 6.20. The number of ether oxygens (including phenoxy) is 3. The number of urea groups is 1. The molecule has 7 heteroatoms. The molecule has 0 aromatic heterocycles. The maximum Gasteiger partial charge on any atom is 0.319 e. The Labute approximate surface area is 158 Å². The van der Waals surface area contributed by atoms with Gasteiger partial charge in [-0.05, 0) is 49.2 Å². The van der Waals surface area contributed by atoms with E-state index in [4.69, 9.17) is 25.8 Å². The second-order valence-corrected chi connectivity index (χ2v) is 6.04. The van der Waals surface area contributed by atoms with E-state index in [1.54, 1.807) is 25.3 Å². The molecule has 2 N–H and O–H groups in total. The van der Waals surface area contributed by atoms with Gasteiger partial charge in [0.25, 0.3) is 0 Å². The van der Waals surface area contributed by atoms with Crippen LogP contribution in [0.4, 0.5) is 10.5 Å². The molecule has 26 heavy (non-hydrogen) atoms. The maximum atomic E-state index is 12.1. The van der Waals surface area contributed by atoms with Crippen LogP contribution in [-0.4, -0.2) is 33.4 Å². The molecule has 0 aliphatic heterocycles. The van der Waals surface area contributed by atoms with Crippen molar-refractivity contribution in [1.29, 1.82) is 0 Å². The number of aryl methyl sites for hydroxylation is 2. The quantitative estimate of drug-likeness (QED) is 0.709. The predicted octanol–water partition coefficient (Wildman–Crippen LogP) is 4.17. The first-order valence-electron chi connectivity index (χ1n) is 8.11. The van der Waals surface area contributed by atoms with E-state index < -0.39 is 0 Å². The third-order valence-corrected chi connectivity index (χ3v) is 4.32. The number of carbonyl (C=O) groups excluding carboxylic acids is 1. The summed E-state index contributed by atoms with van der Waals surface area (Å²) >= 11 is 6.14. The fraction of sp³-hybridized carbons (Fsp3) is 0.316. The molecule has 0 spiro atoms. The van der Waals surface area contributed by atoms with Gasteiger partial charge in [-0.3, -0.25) is 0 Å². The van der Waals surface area contributed by atoms with Gasteiger partial charge in [-0.25, -0.2) is 4.79 Å². The number of methoxy groups -OCH3 is 2. The molecule has 0 atom stereocenters. The SMILES string of the molecule is COc1ccc(OC)c(NC(=O)NCCOc2cc(C)c(Cl)c(C)c2)c1. The van der Waals surface area contributed by atoms with Gasteiger partial charge in [0, 0.05) is 11.1 Å². The van der Waals surface area contributed by atoms with Gasteiger partial charge in [-0.2, -0.15) is 0 Å². The summed E-state index contributed by atoms with van der Waals surface area (Å²) in [6, 6.07) is 8.55. The zero-order valence-corrected chi connectivity index (χ0v) is 16.1. The molecule has 140 valence electrons. The van der Waals surface area contributed by atoms with Gasteiger partial charge >= 0.3 is 6.03 Å². The molecule has 0 aliphatic rings. The zero-order chi connectivity index (χ0) is 19.1. The highest BCUT2D eigenvalue weighted by Crippen LogP contribution is 2.28. The summed E-state index contributed by atoms with van der Waals surface area (Å²) in [4.78, 5) is 12.1. The lowest BCUT2D eigenvalue weighted by Crippen LogP contribution is -2.32. The van der Waals surface area contributed by atoms with Crippen molar-refractivity contribution in [3.63, 3.8) is 0 Å². The fourth-order valence-corrected chi connectivity index (χ4v) is 2.51. The second kappa shape index (κ2) is 9.20. The average molecular weight is 379 g/mol. The first-order valence-corrected chi connectivity index (χ1v) is 8.48. The normalized spacial score (nSPS) is 10.2. The van der Waals surface area contributed by atoms with Crippen molar-refractivity contribution in [2.45, 2.75) is 13.8 Å². The number of rotatable bonds is 7. The monoisotopic (exact) mass is 378 g/mol. The molecule has 0 fully saturated rings. The van der Waals surface area contributed by atoms with Gasteiger partial charge in [0.2, 0.25) is 0 Å². The van der Waals surface area contributed by atoms with Gasteiger partial charge in [0.05, 0.1) is 26.5 Å². The van der Waals surface area contributed by atoms with Crippen molar-refractivity contribution in [2.75, 3.05) is 32.7 Å².